The van der Waals surface area contributed by atoms with Crippen molar-refractivity contribution >= 4 is 5.69 Å². The van der Waals surface area contributed by atoms with Crippen molar-refractivity contribution in [1.82, 2.24) is 5.32 Å². The van der Waals surface area contributed by atoms with Crippen molar-refractivity contribution in [3.05, 3.63) is 29.8 Å². The van der Waals surface area contributed by atoms with Gasteiger partial charge in [0.05, 0.1) is 0 Å². The fourth-order valence-electron chi connectivity index (χ4n) is 1.15. The highest BCUT2D eigenvalue weighted by Gasteiger charge is 1.95. The van der Waals surface area contributed by atoms with Gasteiger partial charge in [-0.3, -0.25) is 0 Å². The monoisotopic (exact) mass is 179 g/mol. The summed E-state index contributed by atoms with van der Waals surface area (Å²) >= 11 is 0. The Morgan fingerprint density at radius 2 is 2.00 bits per heavy atom. The predicted molar refractivity (Wildman–Crippen MR) is 56.2 cm³/mol. The van der Waals surface area contributed by atoms with Crippen LogP contribution in [0.15, 0.2) is 24.3 Å². The van der Waals surface area contributed by atoms with Gasteiger partial charge < -0.3 is 16.8 Å². The fourth-order valence-corrected chi connectivity index (χ4v) is 1.15. The second-order valence-corrected chi connectivity index (χ2v) is 3.02. The van der Waals surface area contributed by atoms with E-state index in [2.05, 4.69) is 5.32 Å². The van der Waals surface area contributed by atoms with Crippen LogP contribution in [0.5, 0.6) is 0 Å². The van der Waals surface area contributed by atoms with Gasteiger partial charge in [0.1, 0.15) is 0 Å². The zero-order chi connectivity index (χ0) is 9.52. The van der Waals surface area contributed by atoms with Gasteiger partial charge in [0.25, 0.3) is 0 Å². The number of benzene rings is 1. The Morgan fingerprint density at radius 3 is 2.69 bits per heavy atom. The largest absolute Gasteiger partial charge is 0.398 e. The number of rotatable bonds is 5. The summed E-state index contributed by atoms with van der Waals surface area (Å²) in [6.45, 7) is 2.51. The molecule has 0 aliphatic heterocycles. The summed E-state index contributed by atoms with van der Waals surface area (Å²) < 4.78 is 0. The molecular weight excluding hydrogens is 162 g/mol. The van der Waals surface area contributed by atoms with Crippen LogP contribution in [0.25, 0.3) is 0 Å². The first-order valence-corrected chi connectivity index (χ1v) is 4.58. The van der Waals surface area contributed by atoms with Gasteiger partial charge in [0, 0.05) is 12.2 Å². The normalized spacial score (nSPS) is 10.2. The van der Waals surface area contributed by atoms with E-state index in [1.54, 1.807) is 0 Å². The molecule has 5 N–H and O–H groups in total. The van der Waals surface area contributed by atoms with Gasteiger partial charge in [0.2, 0.25) is 0 Å². The summed E-state index contributed by atoms with van der Waals surface area (Å²) in [6, 6.07) is 7.89. The van der Waals surface area contributed by atoms with Crippen molar-refractivity contribution in [3.8, 4) is 0 Å². The summed E-state index contributed by atoms with van der Waals surface area (Å²) in [6.07, 6.45) is 1.01. The highest BCUT2D eigenvalue weighted by Crippen LogP contribution is 2.09. The molecule has 1 rings (SSSR count). The van der Waals surface area contributed by atoms with E-state index in [0.29, 0.717) is 0 Å². The van der Waals surface area contributed by atoms with Crippen LogP contribution in [0.1, 0.15) is 12.0 Å². The Labute approximate surface area is 79.1 Å². The second-order valence-electron chi connectivity index (χ2n) is 3.02. The lowest BCUT2D eigenvalue weighted by molar-refractivity contribution is 0.656. The van der Waals surface area contributed by atoms with Gasteiger partial charge in [-0.1, -0.05) is 18.2 Å². The van der Waals surface area contributed by atoms with Crippen molar-refractivity contribution in [2.45, 2.75) is 13.0 Å². The molecule has 0 saturated carbocycles. The summed E-state index contributed by atoms with van der Waals surface area (Å²) in [5.74, 6) is 0. The first kappa shape index (κ1) is 10.0. The SMILES string of the molecule is NCCCNCc1ccccc1N. The van der Waals surface area contributed by atoms with E-state index in [4.69, 9.17) is 11.5 Å². The molecule has 0 amide bonds. The van der Waals surface area contributed by atoms with E-state index in [1.165, 1.54) is 0 Å². The van der Waals surface area contributed by atoms with Gasteiger partial charge in [-0.15, -0.1) is 0 Å². The standard InChI is InChI=1S/C10H17N3/c11-6-3-7-13-8-9-4-1-2-5-10(9)12/h1-2,4-5,13H,3,6-8,11-12H2. The molecule has 3 nitrogen and oxygen atoms in total. The molecule has 13 heavy (non-hydrogen) atoms. The van der Waals surface area contributed by atoms with E-state index in [9.17, 15) is 0 Å². The maximum atomic E-state index is 5.77. The van der Waals surface area contributed by atoms with Crippen LogP contribution < -0.4 is 16.8 Å². The molecule has 1 aromatic rings. The van der Waals surface area contributed by atoms with Gasteiger partial charge in [-0.25, -0.2) is 0 Å². The average Bonchev–Trinajstić information content (AvgIpc) is 2.15. The van der Waals surface area contributed by atoms with Crippen LogP contribution in [0.4, 0.5) is 5.69 Å². The number of anilines is 1. The first-order chi connectivity index (χ1) is 6.34. The molecule has 0 unspecified atom stereocenters. The third kappa shape index (κ3) is 3.44. The molecule has 3 heteroatoms. The number of nitrogens with one attached hydrogen (secondary N) is 1. The Morgan fingerprint density at radius 1 is 1.23 bits per heavy atom. The van der Waals surface area contributed by atoms with E-state index < -0.39 is 0 Å². The molecule has 0 atom stereocenters. The van der Waals surface area contributed by atoms with E-state index >= 15 is 0 Å². The maximum Gasteiger partial charge on any atom is 0.0359 e. The zero-order valence-corrected chi connectivity index (χ0v) is 7.79. The van der Waals surface area contributed by atoms with Crippen molar-refractivity contribution in [1.29, 1.82) is 0 Å². The molecule has 0 spiro atoms. The minimum absolute atomic E-state index is 0.733. The topological polar surface area (TPSA) is 64.1 Å². The smallest absolute Gasteiger partial charge is 0.0359 e. The minimum atomic E-state index is 0.733. The number of nitrogens with two attached hydrogens (primary N) is 2. The van der Waals surface area contributed by atoms with Gasteiger partial charge in [-0.05, 0) is 31.1 Å². The van der Waals surface area contributed by atoms with Gasteiger partial charge >= 0.3 is 0 Å². The molecule has 0 radical (unpaired) electrons. The molecule has 0 heterocycles. The summed E-state index contributed by atoms with van der Waals surface area (Å²) in [7, 11) is 0. The molecular formula is C10H17N3. The fraction of sp³-hybridized carbons (Fsp3) is 0.400. The highest BCUT2D eigenvalue weighted by molar-refractivity contribution is 5.46. The number of para-hydroxylation sites is 1. The summed E-state index contributed by atoms with van der Waals surface area (Å²) in [5.41, 5.74) is 13.1. The molecule has 0 aromatic heterocycles. The Balaban J connectivity index is 2.32. The second kappa shape index (κ2) is 5.56. The summed E-state index contributed by atoms with van der Waals surface area (Å²) in [5, 5.41) is 3.28. The molecule has 0 aliphatic rings. The predicted octanol–water partition coefficient (Wildman–Crippen LogP) is 0.707. The van der Waals surface area contributed by atoms with Gasteiger partial charge in [0.15, 0.2) is 0 Å². The van der Waals surface area contributed by atoms with Crippen LogP contribution in [0.2, 0.25) is 0 Å². The quantitative estimate of drug-likeness (QED) is 0.460. The van der Waals surface area contributed by atoms with E-state index in [0.717, 1.165) is 37.3 Å². The number of hydrogen-bond acceptors (Lipinski definition) is 3. The minimum Gasteiger partial charge on any atom is -0.398 e. The number of hydrogen-bond donors (Lipinski definition) is 3. The van der Waals surface area contributed by atoms with E-state index in [-0.39, 0.29) is 0 Å². The van der Waals surface area contributed by atoms with E-state index in [1.807, 2.05) is 24.3 Å². The zero-order valence-electron chi connectivity index (χ0n) is 7.79. The highest BCUT2D eigenvalue weighted by atomic mass is 14.9. The van der Waals surface area contributed by atoms with Gasteiger partial charge in [-0.2, -0.15) is 0 Å². The van der Waals surface area contributed by atoms with Crippen molar-refractivity contribution in [3.63, 3.8) is 0 Å². The molecule has 0 bridgehead atoms. The molecule has 0 fully saturated rings. The van der Waals surface area contributed by atoms with Crippen molar-refractivity contribution in [2.24, 2.45) is 5.73 Å². The Hall–Kier alpha value is -1.06. The van der Waals surface area contributed by atoms with Crippen molar-refractivity contribution < 1.29 is 0 Å². The Kier molecular flexibility index (Phi) is 4.29. The van der Waals surface area contributed by atoms with Crippen LogP contribution in [0.3, 0.4) is 0 Å². The van der Waals surface area contributed by atoms with Crippen LogP contribution in [-0.4, -0.2) is 13.1 Å². The number of nitrogen functional groups attached to an aromatic ring is 1. The molecule has 1 aromatic carbocycles. The average molecular weight is 179 g/mol. The lowest BCUT2D eigenvalue weighted by Crippen LogP contribution is -2.18. The third-order valence-electron chi connectivity index (χ3n) is 1.93. The molecule has 72 valence electrons. The maximum absolute atomic E-state index is 5.77. The van der Waals surface area contributed by atoms with Crippen LogP contribution in [0, 0.1) is 0 Å². The summed E-state index contributed by atoms with van der Waals surface area (Å²) in [4.78, 5) is 0. The molecule has 0 aliphatic carbocycles. The first-order valence-electron chi connectivity index (χ1n) is 4.58. The molecule has 0 saturated heterocycles. The lowest BCUT2D eigenvalue weighted by atomic mass is 10.2. The Bertz CT molecular complexity index is 248. The van der Waals surface area contributed by atoms with Crippen LogP contribution in [-0.2, 0) is 6.54 Å². The van der Waals surface area contributed by atoms with Crippen LogP contribution >= 0.6 is 0 Å². The van der Waals surface area contributed by atoms with Crippen molar-refractivity contribution in [2.75, 3.05) is 18.8 Å². The third-order valence-corrected chi connectivity index (χ3v) is 1.93. The lowest BCUT2D eigenvalue weighted by Gasteiger charge is -2.06.